The summed E-state index contributed by atoms with van der Waals surface area (Å²) in [6.45, 7) is 4.00. The number of likely N-dealkylation sites (N-methyl/N-ethyl adjacent to an activating group) is 1. The van der Waals surface area contributed by atoms with Gasteiger partial charge in [-0.15, -0.1) is 0 Å². The van der Waals surface area contributed by atoms with Crippen LogP contribution in [0.2, 0.25) is 0 Å². The molecule has 4 heteroatoms. The number of hydroxylamine groups is 2. The number of likely N-dealkylation sites (tertiary alicyclic amines) is 1. The van der Waals surface area contributed by atoms with E-state index in [1.54, 1.807) is 7.05 Å². The Morgan fingerprint density at radius 2 is 2.00 bits per heavy atom. The highest BCUT2D eigenvalue weighted by Crippen LogP contribution is 2.12. The number of nitrogens with zero attached hydrogens (tertiary/aromatic N) is 2. The lowest BCUT2D eigenvalue weighted by Gasteiger charge is -2.25. The zero-order valence-electron chi connectivity index (χ0n) is 8.62. The highest BCUT2D eigenvalue weighted by Gasteiger charge is 2.26. The number of hydrogen-bond acceptors (Lipinski definition) is 3. The molecule has 1 rings (SSSR count). The number of carbonyl (C=O) groups excluding carboxylic acids is 1. The van der Waals surface area contributed by atoms with Gasteiger partial charge in [0, 0.05) is 7.05 Å². The van der Waals surface area contributed by atoms with E-state index >= 15 is 0 Å². The third-order valence-corrected chi connectivity index (χ3v) is 2.63. The van der Waals surface area contributed by atoms with Crippen LogP contribution in [0.25, 0.3) is 0 Å². The Balaban J connectivity index is 2.45. The van der Waals surface area contributed by atoms with E-state index in [4.69, 9.17) is 4.84 Å². The molecule has 4 nitrogen and oxygen atoms in total. The maximum atomic E-state index is 11.6. The molecule has 1 unspecified atom stereocenters. The van der Waals surface area contributed by atoms with E-state index in [0.29, 0.717) is 0 Å². The predicted molar refractivity (Wildman–Crippen MR) is 50.0 cm³/mol. The molecule has 0 spiro atoms. The summed E-state index contributed by atoms with van der Waals surface area (Å²) in [7, 11) is 3.16. The molecule has 1 aliphatic heterocycles. The Bertz CT molecular complexity index is 178. The molecule has 1 saturated heterocycles. The minimum Gasteiger partial charge on any atom is -0.292 e. The highest BCUT2D eigenvalue weighted by atomic mass is 16.7. The van der Waals surface area contributed by atoms with Crippen molar-refractivity contribution in [3.63, 3.8) is 0 Å². The molecule has 0 saturated carbocycles. The summed E-state index contributed by atoms with van der Waals surface area (Å²) in [5.74, 6) is 0.0319. The van der Waals surface area contributed by atoms with Crippen LogP contribution < -0.4 is 0 Å². The van der Waals surface area contributed by atoms with E-state index < -0.39 is 0 Å². The molecule has 13 heavy (non-hydrogen) atoms. The van der Waals surface area contributed by atoms with E-state index in [-0.39, 0.29) is 11.9 Å². The molecule has 0 aromatic carbocycles. The van der Waals surface area contributed by atoms with Gasteiger partial charge in [0.15, 0.2) is 0 Å². The van der Waals surface area contributed by atoms with Gasteiger partial charge in [-0.25, -0.2) is 5.06 Å². The van der Waals surface area contributed by atoms with Gasteiger partial charge in [-0.05, 0) is 32.9 Å². The van der Waals surface area contributed by atoms with Gasteiger partial charge in [-0.2, -0.15) is 0 Å². The first kappa shape index (κ1) is 10.5. The van der Waals surface area contributed by atoms with E-state index in [1.165, 1.54) is 25.0 Å². The van der Waals surface area contributed by atoms with Crippen LogP contribution >= 0.6 is 0 Å². The molecule has 1 atom stereocenters. The van der Waals surface area contributed by atoms with Crippen LogP contribution in [0.4, 0.5) is 0 Å². The van der Waals surface area contributed by atoms with Crippen LogP contribution in [0.5, 0.6) is 0 Å². The maximum absolute atomic E-state index is 11.6. The van der Waals surface area contributed by atoms with Gasteiger partial charge in [-0.1, -0.05) is 0 Å². The fraction of sp³-hybridized carbons (Fsp3) is 0.889. The van der Waals surface area contributed by atoms with Crippen LogP contribution in [-0.2, 0) is 9.63 Å². The van der Waals surface area contributed by atoms with Crippen LogP contribution in [0.3, 0.4) is 0 Å². The van der Waals surface area contributed by atoms with Gasteiger partial charge in [0.1, 0.15) is 0 Å². The van der Waals surface area contributed by atoms with Crippen molar-refractivity contribution in [3.05, 3.63) is 0 Å². The molecule has 0 radical (unpaired) electrons. The van der Waals surface area contributed by atoms with E-state index in [9.17, 15) is 4.79 Å². The van der Waals surface area contributed by atoms with Crippen molar-refractivity contribution in [2.75, 3.05) is 27.2 Å². The molecule has 76 valence electrons. The second-order valence-electron chi connectivity index (χ2n) is 3.44. The molecule has 0 aromatic heterocycles. The van der Waals surface area contributed by atoms with Crippen molar-refractivity contribution in [1.82, 2.24) is 9.96 Å². The minimum atomic E-state index is -0.0487. The summed E-state index contributed by atoms with van der Waals surface area (Å²) in [5, 5.41) is 1.29. The number of carbonyl (C=O) groups is 1. The first-order valence-corrected chi connectivity index (χ1v) is 4.72. The summed E-state index contributed by atoms with van der Waals surface area (Å²) in [4.78, 5) is 18.7. The Morgan fingerprint density at radius 1 is 1.46 bits per heavy atom. The fourth-order valence-electron chi connectivity index (χ4n) is 1.64. The first-order chi connectivity index (χ1) is 6.16. The van der Waals surface area contributed by atoms with Gasteiger partial charge in [0.25, 0.3) is 5.91 Å². The van der Waals surface area contributed by atoms with Gasteiger partial charge in [-0.3, -0.25) is 14.5 Å². The molecule has 1 aliphatic rings. The van der Waals surface area contributed by atoms with E-state index in [2.05, 4.69) is 4.90 Å². The number of hydrogen-bond donors (Lipinski definition) is 0. The summed E-state index contributed by atoms with van der Waals surface area (Å²) < 4.78 is 0. The normalized spacial score (nSPS) is 20.2. The molecular formula is C9H18N2O2. The van der Waals surface area contributed by atoms with Crippen LogP contribution in [0.15, 0.2) is 0 Å². The van der Waals surface area contributed by atoms with Crippen LogP contribution in [0, 0.1) is 0 Å². The Kier molecular flexibility index (Phi) is 3.69. The summed E-state index contributed by atoms with van der Waals surface area (Å²) in [5.41, 5.74) is 0. The molecule has 1 amide bonds. The summed E-state index contributed by atoms with van der Waals surface area (Å²) in [6, 6.07) is -0.0487. The second-order valence-corrected chi connectivity index (χ2v) is 3.44. The van der Waals surface area contributed by atoms with Crippen molar-refractivity contribution in [2.24, 2.45) is 0 Å². The fourth-order valence-corrected chi connectivity index (χ4v) is 1.64. The SMILES string of the molecule is CON(C)C(=O)C(C)N1CCCC1. The molecule has 0 N–H and O–H groups in total. The van der Waals surface area contributed by atoms with Crippen molar-refractivity contribution in [2.45, 2.75) is 25.8 Å². The topological polar surface area (TPSA) is 32.8 Å². The monoisotopic (exact) mass is 186 g/mol. The number of rotatable bonds is 3. The lowest BCUT2D eigenvalue weighted by atomic mass is 10.3. The van der Waals surface area contributed by atoms with Crippen LogP contribution in [-0.4, -0.2) is 49.2 Å². The lowest BCUT2D eigenvalue weighted by Crippen LogP contribution is -2.44. The summed E-state index contributed by atoms with van der Waals surface area (Å²) >= 11 is 0. The van der Waals surface area contributed by atoms with Gasteiger partial charge >= 0.3 is 0 Å². The quantitative estimate of drug-likeness (QED) is 0.601. The zero-order valence-corrected chi connectivity index (χ0v) is 8.62. The zero-order chi connectivity index (χ0) is 9.84. The van der Waals surface area contributed by atoms with Gasteiger partial charge in [0.2, 0.25) is 0 Å². The van der Waals surface area contributed by atoms with Crippen molar-refractivity contribution < 1.29 is 9.63 Å². The molecular weight excluding hydrogens is 168 g/mol. The highest BCUT2D eigenvalue weighted by molar-refractivity contribution is 5.80. The molecule has 1 heterocycles. The molecule has 0 aromatic rings. The van der Waals surface area contributed by atoms with Crippen molar-refractivity contribution >= 4 is 5.91 Å². The van der Waals surface area contributed by atoms with Crippen molar-refractivity contribution in [3.8, 4) is 0 Å². The van der Waals surface area contributed by atoms with E-state index in [0.717, 1.165) is 13.1 Å². The predicted octanol–water partition coefficient (Wildman–Crippen LogP) is 0.490. The molecule has 0 aliphatic carbocycles. The van der Waals surface area contributed by atoms with E-state index in [1.807, 2.05) is 6.92 Å². The Labute approximate surface area is 79.4 Å². The standard InChI is InChI=1S/C9H18N2O2/c1-8(9(12)10(2)13-3)11-6-4-5-7-11/h8H,4-7H2,1-3H3. The Hall–Kier alpha value is -0.610. The smallest absolute Gasteiger partial charge is 0.262 e. The van der Waals surface area contributed by atoms with Gasteiger partial charge in [0.05, 0.1) is 13.2 Å². The second kappa shape index (κ2) is 4.58. The third kappa shape index (κ3) is 2.42. The first-order valence-electron chi connectivity index (χ1n) is 4.72. The molecule has 1 fully saturated rings. The average molecular weight is 186 g/mol. The maximum Gasteiger partial charge on any atom is 0.262 e. The van der Waals surface area contributed by atoms with Crippen LogP contribution in [0.1, 0.15) is 19.8 Å². The average Bonchev–Trinajstić information content (AvgIpc) is 2.67. The third-order valence-electron chi connectivity index (χ3n) is 2.63. The molecule has 0 bridgehead atoms. The Morgan fingerprint density at radius 3 is 2.46 bits per heavy atom. The minimum absolute atomic E-state index is 0.0319. The van der Waals surface area contributed by atoms with Crippen molar-refractivity contribution in [1.29, 1.82) is 0 Å². The largest absolute Gasteiger partial charge is 0.292 e. The summed E-state index contributed by atoms with van der Waals surface area (Å²) in [6.07, 6.45) is 2.41. The number of amides is 1. The lowest BCUT2D eigenvalue weighted by molar-refractivity contribution is -0.173. The van der Waals surface area contributed by atoms with Gasteiger partial charge < -0.3 is 0 Å².